The monoisotopic (exact) mass is 500 g/mol. The predicted octanol–water partition coefficient (Wildman–Crippen LogP) is 2.31. The van der Waals surface area contributed by atoms with Crippen molar-refractivity contribution < 1.29 is 33.6 Å². The van der Waals surface area contributed by atoms with Gasteiger partial charge in [-0.3, -0.25) is 0 Å². The van der Waals surface area contributed by atoms with Crippen LogP contribution < -0.4 is 0 Å². The molecule has 196 valence electrons. The molecule has 0 radical (unpaired) electrons. The molecule has 36 heavy (non-hydrogen) atoms. The molecule has 0 aromatic heterocycles. The Bertz CT molecular complexity index is 1060. The van der Waals surface area contributed by atoms with Crippen LogP contribution in [0, 0.1) is 12.3 Å². The molecule has 0 aliphatic carbocycles. The first kappa shape index (κ1) is 25.2. The lowest BCUT2D eigenvalue weighted by atomic mass is 9.69. The highest BCUT2D eigenvalue weighted by molar-refractivity contribution is 5.94. The van der Waals surface area contributed by atoms with Crippen LogP contribution in [0.5, 0.6) is 0 Å². The smallest absolute Gasteiger partial charge is 0.338 e. The van der Waals surface area contributed by atoms with Crippen molar-refractivity contribution in [2.24, 2.45) is 5.41 Å². The predicted molar refractivity (Wildman–Crippen MR) is 130 cm³/mol. The van der Waals surface area contributed by atoms with Crippen LogP contribution in [0.2, 0.25) is 0 Å². The van der Waals surface area contributed by atoms with Crippen molar-refractivity contribution in [2.75, 3.05) is 53.2 Å². The van der Waals surface area contributed by atoms with E-state index in [0.717, 1.165) is 61.3 Å². The zero-order valence-corrected chi connectivity index (χ0v) is 21.4. The molecular formula is C27H36N2O7. The van der Waals surface area contributed by atoms with E-state index in [2.05, 4.69) is 9.80 Å². The fraction of sp³-hybridized carbons (Fsp3) is 0.630. The lowest BCUT2D eigenvalue weighted by Gasteiger charge is -2.52. The van der Waals surface area contributed by atoms with E-state index < -0.39 is 6.10 Å². The Balaban J connectivity index is 1.23. The first-order valence-corrected chi connectivity index (χ1v) is 12.8. The number of methoxy groups -OCH3 is 1. The summed E-state index contributed by atoms with van der Waals surface area (Å²) in [6, 6.07) is 3.63. The number of esters is 2. The highest BCUT2D eigenvalue weighted by Gasteiger charge is 2.47. The van der Waals surface area contributed by atoms with Crippen LogP contribution in [0.25, 0.3) is 0 Å². The molecule has 1 spiro atoms. The van der Waals surface area contributed by atoms with E-state index in [1.807, 2.05) is 19.9 Å². The second kappa shape index (κ2) is 10.1. The van der Waals surface area contributed by atoms with Gasteiger partial charge >= 0.3 is 11.9 Å². The molecule has 9 heteroatoms. The van der Waals surface area contributed by atoms with E-state index in [4.69, 9.17) is 18.9 Å². The molecule has 0 saturated carbocycles. The highest BCUT2D eigenvalue weighted by Crippen LogP contribution is 2.44. The summed E-state index contributed by atoms with van der Waals surface area (Å²) < 4.78 is 21.9. The lowest BCUT2D eigenvalue weighted by Crippen LogP contribution is -2.56. The number of hydrogen-bond acceptors (Lipinski definition) is 9. The Kier molecular flexibility index (Phi) is 7.09. The number of fused-ring (bicyclic) bond motifs is 1. The zero-order chi connectivity index (χ0) is 25.4. The van der Waals surface area contributed by atoms with Crippen LogP contribution in [0.1, 0.15) is 59.3 Å². The van der Waals surface area contributed by atoms with Crippen molar-refractivity contribution in [3.63, 3.8) is 0 Å². The Morgan fingerprint density at radius 3 is 2.50 bits per heavy atom. The first-order chi connectivity index (χ1) is 17.3. The highest BCUT2D eigenvalue weighted by atomic mass is 16.7. The SMILES string of the molecule is COCO[C@@H]1CN(C2=C(C)C(=O)OC2)CCC12CCN(C[C@H](O)c1ccc3c(c1C)COC3=O)CC2. The summed E-state index contributed by atoms with van der Waals surface area (Å²) in [6.45, 7) is 8.52. The van der Waals surface area contributed by atoms with E-state index >= 15 is 0 Å². The van der Waals surface area contributed by atoms with Crippen LogP contribution in [0.4, 0.5) is 0 Å². The second-order valence-electron chi connectivity index (χ2n) is 10.5. The molecule has 2 atom stereocenters. The molecule has 0 amide bonds. The maximum atomic E-state index is 11.9. The third-order valence-electron chi connectivity index (χ3n) is 8.65. The summed E-state index contributed by atoms with van der Waals surface area (Å²) in [4.78, 5) is 28.3. The molecule has 9 nitrogen and oxygen atoms in total. The summed E-state index contributed by atoms with van der Waals surface area (Å²) in [7, 11) is 1.64. The van der Waals surface area contributed by atoms with Gasteiger partial charge in [0.05, 0.1) is 29.0 Å². The molecular weight excluding hydrogens is 464 g/mol. The number of carbonyl (C=O) groups excluding carboxylic acids is 2. The molecule has 4 aliphatic rings. The van der Waals surface area contributed by atoms with Gasteiger partial charge in [-0.2, -0.15) is 0 Å². The van der Waals surface area contributed by atoms with Gasteiger partial charge in [-0.1, -0.05) is 6.07 Å². The number of β-amino-alcohol motifs (C(OH)–C–C–N with tert-alkyl or cyclic N) is 1. The molecule has 0 unspecified atom stereocenters. The van der Waals surface area contributed by atoms with Crippen molar-refractivity contribution in [3.05, 3.63) is 45.7 Å². The number of rotatable bonds is 7. The Morgan fingerprint density at radius 1 is 1.08 bits per heavy atom. The molecule has 1 aromatic rings. The fourth-order valence-corrected chi connectivity index (χ4v) is 6.25. The van der Waals surface area contributed by atoms with Crippen molar-refractivity contribution in [1.82, 2.24) is 9.80 Å². The standard InChI is InChI=1S/C27H36N2O7/c1-17-19(4-5-20-21(17)14-34-26(20)32)23(30)12-28-9-6-27(7-10-28)8-11-29(13-24(27)36-16-33-3)22-15-35-25(31)18(22)2/h4-5,23-24,30H,6-16H2,1-3H3/t23-,24+/m0/s1. The number of cyclic esters (lactones) is 2. The third-order valence-corrected chi connectivity index (χ3v) is 8.65. The van der Waals surface area contributed by atoms with E-state index in [9.17, 15) is 14.7 Å². The quantitative estimate of drug-likeness (QED) is 0.447. The van der Waals surface area contributed by atoms with Crippen LogP contribution in [-0.4, -0.2) is 86.2 Å². The first-order valence-electron chi connectivity index (χ1n) is 12.8. The summed E-state index contributed by atoms with van der Waals surface area (Å²) in [5, 5.41) is 11.1. The number of hydrogen-bond donors (Lipinski definition) is 1. The normalized spacial score (nSPS) is 24.8. The number of aliphatic hydroxyl groups is 1. The van der Waals surface area contributed by atoms with Crippen molar-refractivity contribution >= 4 is 11.9 Å². The average Bonchev–Trinajstić information content (AvgIpc) is 3.42. The van der Waals surface area contributed by atoms with E-state index in [1.54, 1.807) is 13.2 Å². The molecule has 1 aromatic carbocycles. The van der Waals surface area contributed by atoms with Crippen LogP contribution in [0.3, 0.4) is 0 Å². The lowest BCUT2D eigenvalue weighted by molar-refractivity contribution is -0.157. The Labute approximate surface area is 211 Å². The van der Waals surface area contributed by atoms with Crippen molar-refractivity contribution in [2.45, 2.75) is 51.9 Å². The number of ether oxygens (including phenoxy) is 4. The number of likely N-dealkylation sites (tertiary alicyclic amines) is 2. The van der Waals surface area contributed by atoms with Crippen LogP contribution in [0.15, 0.2) is 23.4 Å². The molecule has 2 saturated heterocycles. The van der Waals surface area contributed by atoms with Gasteiger partial charge in [0, 0.05) is 37.7 Å². The number of nitrogens with zero attached hydrogens (tertiary/aromatic N) is 2. The maximum Gasteiger partial charge on any atom is 0.338 e. The summed E-state index contributed by atoms with van der Waals surface area (Å²) in [6.07, 6.45) is 2.28. The molecule has 4 aliphatic heterocycles. The fourth-order valence-electron chi connectivity index (χ4n) is 6.25. The van der Waals surface area contributed by atoms with E-state index in [1.165, 1.54) is 0 Å². The van der Waals surface area contributed by atoms with E-state index in [0.29, 0.717) is 30.8 Å². The average molecular weight is 501 g/mol. The third kappa shape index (κ3) is 4.53. The number of carbonyl (C=O) groups is 2. The minimum absolute atomic E-state index is 0.00855. The van der Waals surface area contributed by atoms with Gasteiger partial charge in [-0.25, -0.2) is 9.59 Å². The van der Waals surface area contributed by atoms with Gasteiger partial charge in [0.1, 0.15) is 20.0 Å². The van der Waals surface area contributed by atoms with Gasteiger partial charge < -0.3 is 33.9 Å². The molecule has 4 heterocycles. The molecule has 2 fully saturated rings. The minimum atomic E-state index is -0.628. The molecule has 1 N–H and O–H groups in total. The van der Waals surface area contributed by atoms with Gasteiger partial charge in [0.2, 0.25) is 0 Å². The number of benzene rings is 1. The minimum Gasteiger partial charge on any atom is -0.457 e. The van der Waals surface area contributed by atoms with Crippen LogP contribution in [-0.2, 0) is 30.3 Å². The second-order valence-corrected chi connectivity index (χ2v) is 10.5. The summed E-state index contributed by atoms with van der Waals surface area (Å²) in [5.41, 5.74) is 5.00. The summed E-state index contributed by atoms with van der Waals surface area (Å²) >= 11 is 0. The van der Waals surface area contributed by atoms with Crippen molar-refractivity contribution in [1.29, 1.82) is 0 Å². The Morgan fingerprint density at radius 2 is 1.81 bits per heavy atom. The number of piperidine rings is 2. The Hall–Kier alpha value is -2.46. The zero-order valence-electron chi connectivity index (χ0n) is 21.4. The van der Waals surface area contributed by atoms with E-state index in [-0.39, 0.29) is 36.9 Å². The topological polar surface area (TPSA) is 97.8 Å². The largest absolute Gasteiger partial charge is 0.457 e. The summed E-state index contributed by atoms with van der Waals surface area (Å²) in [5.74, 6) is -0.519. The maximum absolute atomic E-state index is 11.9. The molecule has 0 bridgehead atoms. The van der Waals surface area contributed by atoms with Crippen molar-refractivity contribution in [3.8, 4) is 0 Å². The van der Waals surface area contributed by atoms with Gasteiger partial charge in [-0.15, -0.1) is 0 Å². The van der Waals surface area contributed by atoms with Gasteiger partial charge in [0.15, 0.2) is 0 Å². The number of aliphatic hydroxyl groups excluding tert-OH is 1. The van der Waals surface area contributed by atoms with Gasteiger partial charge in [0.25, 0.3) is 0 Å². The van der Waals surface area contributed by atoms with Gasteiger partial charge in [-0.05, 0) is 63.4 Å². The van der Waals surface area contributed by atoms with Crippen LogP contribution >= 0.6 is 0 Å². The molecule has 5 rings (SSSR count).